The van der Waals surface area contributed by atoms with Crippen molar-refractivity contribution in [3.63, 3.8) is 0 Å². The first-order valence-corrected chi connectivity index (χ1v) is 9.28. The molecule has 0 unspecified atom stereocenters. The average molecular weight is 456 g/mol. The van der Waals surface area contributed by atoms with Gasteiger partial charge in [0.15, 0.2) is 0 Å². The van der Waals surface area contributed by atoms with Crippen molar-refractivity contribution in [2.24, 2.45) is 0 Å². The summed E-state index contributed by atoms with van der Waals surface area (Å²) >= 11 is 23.5. The first kappa shape index (κ1) is 20.5. The van der Waals surface area contributed by atoms with Crippen molar-refractivity contribution < 1.29 is 19.1 Å². The topological polar surface area (TPSA) is 52.6 Å². The fraction of sp³-hybridized carbons (Fsp3) is 0. The van der Waals surface area contributed by atoms with Gasteiger partial charge in [-0.15, -0.1) is 0 Å². The number of rotatable bonds is 4. The molecule has 0 amide bonds. The third-order valence-corrected chi connectivity index (χ3v) is 4.32. The van der Waals surface area contributed by atoms with Gasteiger partial charge in [-0.1, -0.05) is 46.4 Å². The average Bonchev–Trinajstić information content (AvgIpc) is 2.60. The molecule has 3 aromatic carbocycles. The van der Waals surface area contributed by atoms with Crippen molar-refractivity contribution in [1.29, 1.82) is 0 Å². The normalized spacial score (nSPS) is 10.4. The molecule has 0 saturated carbocycles. The lowest BCUT2D eigenvalue weighted by Crippen LogP contribution is -2.11. The summed E-state index contributed by atoms with van der Waals surface area (Å²) in [6.45, 7) is 0. The van der Waals surface area contributed by atoms with E-state index in [2.05, 4.69) is 0 Å². The number of halogens is 4. The molecule has 0 fully saturated rings. The molecule has 0 aliphatic carbocycles. The SMILES string of the molecule is O=C(Oc1cc(Cl)cc(Cl)c1)c1ccc(C(=O)Oc2cc(Cl)cc(Cl)c2)cc1. The Morgan fingerprint density at radius 2 is 0.821 bits per heavy atom. The minimum absolute atomic E-state index is 0.212. The Kier molecular flexibility index (Phi) is 6.47. The maximum Gasteiger partial charge on any atom is 0.343 e. The first-order valence-electron chi connectivity index (χ1n) is 7.77. The fourth-order valence-corrected chi connectivity index (χ4v) is 3.26. The van der Waals surface area contributed by atoms with E-state index in [1.165, 1.54) is 60.7 Å². The standard InChI is InChI=1S/C20H10Cl4O4/c21-13-5-14(22)8-17(7-13)27-19(25)11-1-2-12(4-3-11)20(26)28-18-9-15(23)6-16(24)10-18/h1-10H. The molecule has 0 bridgehead atoms. The van der Waals surface area contributed by atoms with Crippen LogP contribution < -0.4 is 9.47 Å². The second kappa shape index (κ2) is 8.84. The molecule has 0 aromatic heterocycles. The zero-order chi connectivity index (χ0) is 20.3. The molecule has 0 heterocycles. The molecule has 0 atom stereocenters. The fourth-order valence-electron chi connectivity index (χ4n) is 2.25. The number of hydrogen-bond donors (Lipinski definition) is 0. The molecule has 3 aromatic rings. The third-order valence-electron chi connectivity index (χ3n) is 3.45. The summed E-state index contributed by atoms with van der Waals surface area (Å²) in [7, 11) is 0. The molecule has 3 rings (SSSR count). The van der Waals surface area contributed by atoms with Crippen molar-refractivity contribution in [3.05, 3.63) is 91.9 Å². The van der Waals surface area contributed by atoms with Crippen LogP contribution in [-0.2, 0) is 0 Å². The number of carbonyl (C=O) groups is 2. The second-order valence-corrected chi connectivity index (χ2v) is 7.31. The quantitative estimate of drug-likeness (QED) is 0.323. The van der Waals surface area contributed by atoms with Gasteiger partial charge in [0.25, 0.3) is 0 Å². The lowest BCUT2D eigenvalue weighted by Gasteiger charge is -2.07. The number of carbonyl (C=O) groups excluding carboxylic acids is 2. The summed E-state index contributed by atoms with van der Waals surface area (Å²) in [6.07, 6.45) is 0. The smallest absolute Gasteiger partial charge is 0.343 e. The number of benzene rings is 3. The Balaban J connectivity index is 1.69. The highest BCUT2D eigenvalue weighted by atomic mass is 35.5. The van der Waals surface area contributed by atoms with Crippen LogP contribution in [0.4, 0.5) is 0 Å². The van der Waals surface area contributed by atoms with E-state index < -0.39 is 11.9 Å². The maximum atomic E-state index is 12.2. The van der Waals surface area contributed by atoms with E-state index in [1.807, 2.05) is 0 Å². The van der Waals surface area contributed by atoms with E-state index in [0.717, 1.165) is 0 Å². The van der Waals surface area contributed by atoms with Gasteiger partial charge in [0, 0.05) is 20.1 Å². The molecule has 28 heavy (non-hydrogen) atoms. The highest BCUT2D eigenvalue weighted by Gasteiger charge is 2.13. The van der Waals surface area contributed by atoms with Gasteiger partial charge in [0.05, 0.1) is 11.1 Å². The van der Waals surface area contributed by atoms with Gasteiger partial charge in [-0.2, -0.15) is 0 Å². The van der Waals surface area contributed by atoms with Gasteiger partial charge in [0.1, 0.15) is 11.5 Å². The third kappa shape index (κ3) is 5.40. The van der Waals surface area contributed by atoms with Gasteiger partial charge in [-0.25, -0.2) is 9.59 Å². The summed E-state index contributed by atoms with van der Waals surface area (Å²) in [5.74, 6) is -0.826. The minimum atomic E-state index is -0.625. The monoisotopic (exact) mass is 454 g/mol. The molecule has 4 nitrogen and oxygen atoms in total. The second-order valence-electron chi connectivity index (χ2n) is 5.57. The van der Waals surface area contributed by atoms with Gasteiger partial charge < -0.3 is 9.47 Å². The highest BCUT2D eigenvalue weighted by molar-refractivity contribution is 6.35. The molecule has 8 heteroatoms. The predicted octanol–water partition coefficient (Wildman–Crippen LogP) is 6.74. The molecule has 0 N–H and O–H groups in total. The Labute approximate surface area is 180 Å². The van der Waals surface area contributed by atoms with Crippen LogP contribution in [0.3, 0.4) is 0 Å². The van der Waals surface area contributed by atoms with E-state index in [1.54, 1.807) is 0 Å². The van der Waals surface area contributed by atoms with Gasteiger partial charge in [-0.3, -0.25) is 0 Å². The molecule has 142 valence electrons. The molecular formula is C20H10Cl4O4. The molecule has 0 saturated heterocycles. The van der Waals surface area contributed by atoms with E-state index in [4.69, 9.17) is 55.9 Å². The first-order chi connectivity index (χ1) is 13.3. The summed E-state index contributed by atoms with van der Waals surface area (Å²) in [5, 5.41) is 1.37. The van der Waals surface area contributed by atoms with Gasteiger partial charge in [-0.05, 0) is 60.7 Å². The van der Waals surface area contributed by atoms with E-state index in [0.29, 0.717) is 20.1 Å². The van der Waals surface area contributed by atoms with E-state index in [-0.39, 0.29) is 22.6 Å². The predicted molar refractivity (Wildman–Crippen MR) is 109 cm³/mol. The van der Waals surface area contributed by atoms with Crippen LogP contribution in [0.1, 0.15) is 20.7 Å². The van der Waals surface area contributed by atoms with Crippen molar-refractivity contribution in [1.82, 2.24) is 0 Å². The number of esters is 2. The van der Waals surface area contributed by atoms with Crippen LogP contribution >= 0.6 is 46.4 Å². The van der Waals surface area contributed by atoms with Crippen molar-refractivity contribution in [2.45, 2.75) is 0 Å². The van der Waals surface area contributed by atoms with Crippen LogP contribution in [0.2, 0.25) is 20.1 Å². The van der Waals surface area contributed by atoms with Crippen LogP contribution in [0, 0.1) is 0 Å². The molecule has 0 spiro atoms. The Hall–Kier alpha value is -2.24. The lowest BCUT2D eigenvalue weighted by atomic mass is 10.1. The van der Waals surface area contributed by atoms with Gasteiger partial charge >= 0.3 is 11.9 Å². The largest absolute Gasteiger partial charge is 0.423 e. The summed E-state index contributed by atoms with van der Waals surface area (Å²) in [6, 6.07) is 14.7. The Bertz CT molecular complexity index is 924. The Morgan fingerprint density at radius 3 is 1.11 bits per heavy atom. The lowest BCUT2D eigenvalue weighted by molar-refractivity contribution is 0.0720. The molecular weight excluding hydrogens is 446 g/mol. The summed E-state index contributed by atoms with van der Waals surface area (Å²) in [5.41, 5.74) is 0.469. The zero-order valence-electron chi connectivity index (χ0n) is 13.9. The van der Waals surface area contributed by atoms with Crippen LogP contribution in [-0.4, -0.2) is 11.9 Å². The minimum Gasteiger partial charge on any atom is -0.423 e. The number of hydrogen-bond acceptors (Lipinski definition) is 4. The Morgan fingerprint density at radius 1 is 0.536 bits per heavy atom. The highest BCUT2D eigenvalue weighted by Crippen LogP contribution is 2.26. The van der Waals surface area contributed by atoms with Gasteiger partial charge in [0.2, 0.25) is 0 Å². The molecule has 0 radical (unpaired) electrons. The van der Waals surface area contributed by atoms with Crippen molar-refractivity contribution in [3.8, 4) is 11.5 Å². The van der Waals surface area contributed by atoms with Crippen LogP contribution in [0.25, 0.3) is 0 Å². The van der Waals surface area contributed by atoms with E-state index in [9.17, 15) is 9.59 Å². The van der Waals surface area contributed by atoms with Crippen LogP contribution in [0.5, 0.6) is 11.5 Å². The van der Waals surface area contributed by atoms with Crippen molar-refractivity contribution in [2.75, 3.05) is 0 Å². The maximum absolute atomic E-state index is 12.2. The zero-order valence-corrected chi connectivity index (χ0v) is 16.9. The van der Waals surface area contributed by atoms with Crippen molar-refractivity contribution >= 4 is 58.3 Å². The summed E-state index contributed by atoms with van der Waals surface area (Å²) in [4.78, 5) is 24.5. The van der Waals surface area contributed by atoms with E-state index >= 15 is 0 Å². The summed E-state index contributed by atoms with van der Waals surface area (Å²) < 4.78 is 10.5. The number of ether oxygens (including phenoxy) is 2. The molecule has 0 aliphatic heterocycles. The van der Waals surface area contributed by atoms with Crippen LogP contribution in [0.15, 0.2) is 60.7 Å². The molecule has 0 aliphatic rings.